The lowest BCUT2D eigenvalue weighted by Crippen LogP contribution is -2.20. The van der Waals surface area contributed by atoms with E-state index in [1.807, 2.05) is 0 Å². The highest BCUT2D eigenvalue weighted by Crippen LogP contribution is 2.27. The standard InChI is InChI=1S/C18H17F3N4O4/c1-3-28-17(26)15-12-9-25(24-13(12)4-5-22-15)8-11-6-14(27-2)16(23-7-11)29-10-18(19,20)21/h4-7,9H,3,8,10H2,1-2H3. The second-order valence-corrected chi connectivity index (χ2v) is 5.89. The van der Waals surface area contributed by atoms with Gasteiger partial charge in [0.25, 0.3) is 5.88 Å². The van der Waals surface area contributed by atoms with Crippen LogP contribution in [0.4, 0.5) is 13.2 Å². The fourth-order valence-corrected chi connectivity index (χ4v) is 2.59. The first-order valence-electron chi connectivity index (χ1n) is 8.52. The Morgan fingerprint density at radius 2 is 2.07 bits per heavy atom. The SMILES string of the molecule is CCOC(=O)c1nccc2nn(Cc3cnc(OCC(F)(F)F)c(OC)c3)cc12. The summed E-state index contributed by atoms with van der Waals surface area (Å²) >= 11 is 0. The molecule has 3 heterocycles. The molecule has 0 aromatic carbocycles. The van der Waals surface area contributed by atoms with Gasteiger partial charge in [-0.05, 0) is 24.6 Å². The van der Waals surface area contributed by atoms with Gasteiger partial charge in [-0.15, -0.1) is 0 Å². The van der Waals surface area contributed by atoms with Gasteiger partial charge in [0.1, 0.15) is 0 Å². The fraction of sp³-hybridized carbons (Fsp3) is 0.333. The van der Waals surface area contributed by atoms with Crippen molar-refractivity contribution in [2.75, 3.05) is 20.3 Å². The molecule has 0 aliphatic carbocycles. The third-order valence-corrected chi connectivity index (χ3v) is 3.76. The van der Waals surface area contributed by atoms with Crippen molar-refractivity contribution in [1.82, 2.24) is 19.7 Å². The van der Waals surface area contributed by atoms with Crippen LogP contribution in [0.3, 0.4) is 0 Å². The average Bonchev–Trinajstić information content (AvgIpc) is 3.08. The Hall–Kier alpha value is -3.37. The summed E-state index contributed by atoms with van der Waals surface area (Å²) in [6, 6.07) is 3.16. The zero-order valence-electron chi connectivity index (χ0n) is 15.6. The summed E-state index contributed by atoms with van der Waals surface area (Å²) in [5.74, 6) is -0.738. The zero-order valence-corrected chi connectivity index (χ0v) is 15.6. The first-order valence-corrected chi connectivity index (χ1v) is 8.52. The molecule has 29 heavy (non-hydrogen) atoms. The summed E-state index contributed by atoms with van der Waals surface area (Å²) in [5, 5.41) is 4.90. The number of hydrogen-bond donors (Lipinski definition) is 0. The van der Waals surface area contributed by atoms with Gasteiger partial charge < -0.3 is 14.2 Å². The predicted octanol–water partition coefficient (Wildman–Crippen LogP) is 3.00. The van der Waals surface area contributed by atoms with Crippen LogP contribution in [0.25, 0.3) is 10.9 Å². The van der Waals surface area contributed by atoms with Gasteiger partial charge in [-0.25, -0.2) is 14.8 Å². The molecule has 0 spiro atoms. The van der Waals surface area contributed by atoms with Gasteiger partial charge in [-0.2, -0.15) is 18.3 Å². The van der Waals surface area contributed by atoms with Crippen molar-refractivity contribution in [2.45, 2.75) is 19.6 Å². The predicted molar refractivity (Wildman–Crippen MR) is 94.9 cm³/mol. The lowest BCUT2D eigenvalue weighted by Gasteiger charge is -2.12. The van der Waals surface area contributed by atoms with Crippen LogP contribution in [0.1, 0.15) is 23.0 Å². The van der Waals surface area contributed by atoms with Crippen molar-refractivity contribution < 1.29 is 32.2 Å². The lowest BCUT2D eigenvalue weighted by molar-refractivity contribution is -0.154. The molecule has 0 fully saturated rings. The van der Waals surface area contributed by atoms with E-state index in [9.17, 15) is 18.0 Å². The highest BCUT2D eigenvalue weighted by Gasteiger charge is 2.29. The van der Waals surface area contributed by atoms with Crippen LogP contribution in [0.15, 0.2) is 30.7 Å². The number of fused-ring (bicyclic) bond motifs is 1. The van der Waals surface area contributed by atoms with Crippen LogP contribution in [-0.4, -0.2) is 52.2 Å². The van der Waals surface area contributed by atoms with Crippen LogP contribution in [-0.2, 0) is 11.3 Å². The Morgan fingerprint density at radius 3 is 2.76 bits per heavy atom. The van der Waals surface area contributed by atoms with E-state index >= 15 is 0 Å². The van der Waals surface area contributed by atoms with Crippen LogP contribution >= 0.6 is 0 Å². The molecule has 3 aromatic heterocycles. The number of nitrogens with zero attached hydrogens (tertiary/aromatic N) is 4. The van der Waals surface area contributed by atoms with E-state index in [-0.39, 0.29) is 30.5 Å². The number of carbonyl (C=O) groups excluding carboxylic acids is 1. The lowest BCUT2D eigenvalue weighted by atomic mass is 10.2. The van der Waals surface area contributed by atoms with Gasteiger partial charge in [0.2, 0.25) is 0 Å². The number of carbonyl (C=O) groups is 1. The summed E-state index contributed by atoms with van der Waals surface area (Å²) in [5.41, 5.74) is 1.31. The van der Waals surface area contributed by atoms with Crippen molar-refractivity contribution >= 4 is 16.9 Å². The molecule has 0 bridgehead atoms. The molecule has 0 saturated carbocycles. The van der Waals surface area contributed by atoms with Crippen LogP contribution in [0.2, 0.25) is 0 Å². The molecule has 0 saturated heterocycles. The minimum atomic E-state index is -4.48. The largest absolute Gasteiger partial charge is 0.491 e. The monoisotopic (exact) mass is 410 g/mol. The van der Waals surface area contributed by atoms with Crippen LogP contribution in [0, 0.1) is 0 Å². The Labute approximate surface area is 163 Å². The average molecular weight is 410 g/mol. The molecular formula is C18H17F3N4O4. The minimum Gasteiger partial charge on any atom is -0.491 e. The molecule has 3 rings (SSSR count). The van der Waals surface area contributed by atoms with Crippen molar-refractivity contribution in [3.63, 3.8) is 0 Å². The van der Waals surface area contributed by atoms with Crippen molar-refractivity contribution in [3.05, 3.63) is 42.0 Å². The van der Waals surface area contributed by atoms with Gasteiger partial charge in [-0.3, -0.25) is 4.68 Å². The first kappa shape index (κ1) is 20.4. The van der Waals surface area contributed by atoms with E-state index < -0.39 is 18.8 Å². The first-order chi connectivity index (χ1) is 13.8. The number of esters is 1. The highest BCUT2D eigenvalue weighted by molar-refractivity contribution is 6.01. The molecule has 0 amide bonds. The van der Waals surface area contributed by atoms with Gasteiger partial charge in [0.05, 0.1) is 31.2 Å². The number of halogens is 3. The smallest absolute Gasteiger partial charge is 0.422 e. The van der Waals surface area contributed by atoms with E-state index in [2.05, 4.69) is 19.8 Å². The second kappa shape index (κ2) is 8.33. The van der Waals surface area contributed by atoms with E-state index in [1.165, 1.54) is 25.6 Å². The Bertz CT molecular complexity index is 1020. The van der Waals surface area contributed by atoms with E-state index in [4.69, 9.17) is 9.47 Å². The van der Waals surface area contributed by atoms with Crippen LogP contribution < -0.4 is 9.47 Å². The highest BCUT2D eigenvalue weighted by atomic mass is 19.4. The molecule has 0 aliphatic heterocycles. The number of pyridine rings is 2. The Morgan fingerprint density at radius 1 is 1.28 bits per heavy atom. The maximum Gasteiger partial charge on any atom is 0.422 e. The third kappa shape index (κ3) is 4.92. The minimum absolute atomic E-state index is 0.0670. The van der Waals surface area contributed by atoms with Crippen molar-refractivity contribution in [3.8, 4) is 11.6 Å². The molecule has 11 heteroatoms. The molecule has 8 nitrogen and oxygen atoms in total. The topological polar surface area (TPSA) is 88.4 Å². The molecule has 0 aliphatic rings. The molecule has 0 atom stereocenters. The third-order valence-electron chi connectivity index (χ3n) is 3.76. The molecule has 154 valence electrons. The van der Waals surface area contributed by atoms with Gasteiger partial charge in [0, 0.05) is 18.6 Å². The number of alkyl halides is 3. The van der Waals surface area contributed by atoms with Gasteiger partial charge >= 0.3 is 12.1 Å². The van der Waals surface area contributed by atoms with E-state index in [0.29, 0.717) is 16.5 Å². The summed E-state index contributed by atoms with van der Waals surface area (Å²) in [4.78, 5) is 20.0. The maximum atomic E-state index is 12.3. The molecule has 3 aromatic rings. The Balaban J connectivity index is 1.83. The number of ether oxygens (including phenoxy) is 3. The maximum absolute atomic E-state index is 12.3. The van der Waals surface area contributed by atoms with Gasteiger partial charge in [0.15, 0.2) is 18.1 Å². The van der Waals surface area contributed by atoms with Gasteiger partial charge in [-0.1, -0.05) is 0 Å². The fourth-order valence-electron chi connectivity index (χ4n) is 2.59. The zero-order chi connectivity index (χ0) is 21.0. The normalized spacial score (nSPS) is 11.5. The quantitative estimate of drug-likeness (QED) is 0.553. The van der Waals surface area contributed by atoms with E-state index in [1.54, 1.807) is 23.9 Å². The molecular weight excluding hydrogens is 393 g/mol. The van der Waals surface area contributed by atoms with Crippen molar-refractivity contribution in [2.24, 2.45) is 0 Å². The summed E-state index contributed by atoms with van der Waals surface area (Å²) in [7, 11) is 1.31. The number of rotatable bonds is 7. The summed E-state index contributed by atoms with van der Waals surface area (Å²) < 4.78 is 53.3. The number of hydrogen-bond acceptors (Lipinski definition) is 7. The number of methoxy groups -OCH3 is 1. The van der Waals surface area contributed by atoms with Crippen molar-refractivity contribution in [1.29, 1.82) is 0 Å². The Kier molecular flexibility index (Phi) is 5.85. The summed E-state index contributed by atoms with van der Waals surface area (Å²) in [6.45, 7) is 0.687. The molecule has 0 radical (unpaired) electrons. The molecule has 0 unspecified atom stereocenters. The molecule has 0 N–H and O–H groups in total. The number of aromatic nitrogens is 4. The van der Waals surface area contributed by atoms with Crippen LogP contribution in [0.5, 0.6) is 11.6 Å². The van der Waals surface area contributed by atoms with E-state index in [0.717, 1.165) is 0 Å². The second-order valence-electron chi connectivity index (χ2n) is 5.89. The summed E-state index contributed by atoms with van der Waals surface area (Å²) in [6.07, 6.45) is -0.0191.